The Morgan fingerprint density at radius 2 is 1.75 bits per heavy atom. The third-order valence-corrected chi connectivity index (χ3v) is 7.20. The number of aromatic nitrogens is 1. The van der Waals surface area contributed by atoms with Crippen molar-refractivity contribution in [2.45, 2.75) is 31.9 Å². The summed E-state index contributed by atoms with van der Waals surface area (Å²) in [4.78, 5) is 28.5. The predicted molar refractivity (Wildman–Crippen MR) is 155 cm³/mol. The van der Waals surface area contributed by atoms with Crippen molar-refractivity contribution in [3.05, 3.63) is 95.0 Å². The molecule has 4 rings (SSSR count). The van der Waals surface area contributed by atoms with Crippen molar-refractivity contribution in [3.8, 4) is 27.8 Å². The Hall–Kier alpha value is -4.25. The number of thiophene rings is 1. The van der Waals surface area contributed by atoms with Gasteiger partial charge in [0.25, 0.3) is 11.8 Å². The number of pyridine rings is 1. The van der Waals surface area contributed by atoms with Crippen LogP contribution < -0.4 is 26.3 Å². The van der Waals surface area contributed by atoms with Gasteiger partial charge < -0.3 is 31.4 Å². The number of rotatable bonds is 13. The van der Waals surface area contributed by atoms with E-state index in [1.807, 2.05) is 54.6 Å². The molecular formula is C30H32N4O5S. The van der Waals surface area contributed by atoms with Gasteiger partial charge in [-0.2, -0.15) is 0 Å². The minimum atomic E-state index is -0.745. The number of para-hydroxylation sites is 1. The number of benzene rings is 2. The quantitative estimate of drug-likeness (QED) is 0.192. The summed E-state index contributed by atoms with van der Waals surface area (Å²) in [5, 5.41) is 14.0. The highest BCUT2D eigenvalue weighted by Gasteiger charge is 2.20. The summed E-state index contributed by atoms with van der Waals surface area (Å²) >= 11 is 1.30. The van der Waals surface area contributed by atoms with Gasteiger partial charge in [-0.1, -0.05) is 24.3 Å². The van der Waals surface area contributed by atoms with Gasteiger partial charge in [-0.15, -0.1) is 11.3 Å². The Labute approximate surface area is 236 Å². The minimum Gasteiger partial charge on any atom is -0.490 e. The molecule has 1 unspecified atom stereocenters. The summed E-state index contributed by atoms with van der Waals surface area (Å²) < 4.78 is 11.7. The van der Waals surface area contributed by atoms with Gasteiger partial charge in [-0.05, 0) is 74.4 Å². The molecule has 0 spiro atoms. The van der Waals surface area contributed by atoms with E-state index in [1.165, 1.54) is 17.5 Å². The molecule has 0 aliphatic rings. The van der Waals surface area contributed by atoms with Gasteiger partial charge in [-0.3, -0.25) is 9.59 Å². The molecule has 2 aromatic carbocycles. The normalized spacial score (nSPS) is 12.1. The molecule has 10 heteroatoms. The van der Waals surface area contributed by atoms with Crippen molar-refractivity contribution in [3.63, 3.8) is 0 Å². The highest BCUT2D eigenvalue weighted by atomic mass is 32.1. The Morgan fingerprint density at radius 3 is 2.45 bits per heavy atom. The number of aliphatic hydroxyl groups excluding tert-OH is 1. The molecule has 0 fully saturated rings. The van der Waals surface area contributed by atoms with E-state index >= 15 is 0 Å². The summed E-state index contributed by atoms with van der Waals surface area (Å²) in [5.41, 5.74) is 12.6. The van der Waals surface area contributed by atoms with Gasteiger partial charge in [0.15, 0.2) is 0 Å². The maximum Gasteiger partial charge on any atom is 0.258 e. The van der Waals surface area contributed by atoms with Crippen LogP contribution in [0.25, 0.3) is 10.4 Å². The molecule has 0 aliphatic carbocycles. The monoisotopic (exact) mass is 560 g/mol. The summed E-state index contributed by atoms with van der Waals surface area (Å²) in [6.07, 6.45) is 1.48. The number of nitrogens with one attached hydrogen (secondary N) is 1. The molecule has 0 saturated heterocycles. The second kappa shape index (κ2) is 12.7. The number of primary amides is 2. The van der Waals surface area contributed by atoms with Crippen molar-refractivity contribution in [2.24, 2.45) is 11.5 Å². The Bertz CT molecular complexity index is 1470. The van der Waals surface area contributed by atoms with Crippen LogP contribution in [-0.4, -0.2) is 46.7 Å². The largest absolute Gasteiger partial charge is 0.490 e. The number of β-amino-alcohol motifs (C(OH)–C–C–N with tert-alkyl or cyclic N) is 1. The number of nitrogens with two attached hydrogens (primary N) is 2. The molecule has 0 saturated carbocycles. The van der Waals surface area contributed by atoms with Crippen LogP contribution in [0.4, 0.5) is 0 Å². The fraction of sp³-hybridized carbons (Fsp3) is 0.233. The van der Waals surface area contributed by atoms with Crippen molar-refractivity contribution >= 4 is 23.2 Å². The molecule has 4 aromatic rings. The molecule has 9 nitrogen and oxygen atoms in total. The first kappa shape index (κ1) is 28.8. The number of carbonyl (C=O) groups is 2. The van der Waals surface area contributed by atoms with Crippen LogP contribution in [-0.2, 0) is 6.42 Å². The average Bonchev–Trinajstić information content (AvgIpc) is 3.43. The van der Waals surface area contributed by atoms with Crippen molar-refractivity contribution in [1.29, 1.82) is 0 Å². The summed E-state index contributed by atoms with van der Waals surface area (Å²) in [6, 6.07) is 21.7. The van der Waals surface area contributed by atoms with E-state index in [4.69, 9.17) is 20.9 Å². The van der Waals surface area contributed by atoms with Gasteiger partial charge in [0.1, 0.15) is 29.8 Å². The van der Waals surface area contributed by atoms with Crippen LogP contribution in [0.1, 0.15) is 39.4 Å². The van der Waals surface area contributed by atoms with Gasteiger partial charge >= 0.3 is 0 Å². The number of ether oxygens (including phenoxy) is 2. The maximum absolute atomic E-state index is 11.6. The molecule has 2 amide bonds. The summed E-state index contributed by atoms with van der Waals surface area (Å²) in [7, 11) is 0. The van der Waals surface area contributed by atoms with E-state index in [2.05, 4.69) is 24.1 Å². The van der Waals surface area contributed by atoms with Crippen molar-refractivity contribution < 1.29 is 24.2 Å². The lowest BCUT2D eigenvalue weighted by atomic mass is 9.94. The van der Waals surface area contributed by atoms with Gasteiger partial charge in [0.2, 0.25) is 5.88 Å². The van der Waals surface area contributed by atoms with E-state index < -0.39 is 17.9 Å². The molecule has 1 atom stereocenters. The second-order valence-corrected chi connectivity index (χ2v) is 11.0. The third kappa shape index (κ3) is 7.66. The molecule has 0 bridgehead atoms. The molecule has 0 radical (unpaired) electrons. The number of aliphatic hydroxyl groups is 1. The molecule has 208 valence electrons. The molecule has 2 heterocycles. The van der Waals surface area contributed by atoms with Crippen molar-refractivity contribution in [1.82, 2.24) is 10.3 Å². The highest BCUT2D eigenvalue weighted by molar-refractivity contribution is 7.17. The van der Waals surface area contributed by atoms with Crippen LogP contribution in [0.2, 0.25) is 0 Å². The SMILES string of the molecule is CC(C)(Cc1ccc(Oc2ncccc2C(N)=O)cc1)NCC(O)COc1ccccc1-c1ccc(C(N)=O)s1. The van der Waals surface area contributed by atoms with E-state index in [-0.39, 0.29) is 23.6 Å². The minimum absolute atomic E-state index is 0.0982. The van der Waals surface area contributed by atoms with Crippen LogP contribution in [0.15, 0.2) is 79.0 Å². The predicted octanol–water partition coefficient (Wildman–Crippen LogP) is 4.15. The Balaban J connectivity index is 1.29. The zero-order valence-corrected chi connectivity index (χ0v) is 23.1. The van der Waals surface area contributed by atoms with Crippen LogP contribution in [0, 0.1) is 0 Å². The lowest BCUT2D eigenvalue weighted by Crippen LogP contribution is -2.46. The number of nitrogens with zero attached hydrogens (tertiary/aromatic N) is 1. The fourth-order valence-electron chi connectivity index (χ4n) is 4.07. The van der Waals surface area contributed by atoms with E-state index in [9.17, 15) is 14.7 Å². The van der Waals surface area contributed by atoms with E-state index in [0.29, 0.717) is 29.3 Å². The number of amides is 2. The first-order chi connectivity index (χ1) is 19.1. The molecule has 2 aromatic heterocycles. The van der Waals surface area contributed by atoms with Gasteiger partial charge in [-0.25, -0.2) is 4.98 Å². The summed E-state index contributed by atoms with van der Waals surface area (Å²) in [5.74, 6) is 0.248. The first-order valence-corrected chi connectivity index (χ1v) is 13.5. The zero-order chi connectivity index (χ0) is 28.7. The Morgan fingerprint density at radius 1 is 1.00 bits per heavy atom. The standard InChI is InChI=1S/C30H32N4O5S/c1-30(2,16-19-9-11-21(12-10-19)39-29-23(27(31)36)7-5-15-33-29)34-17-20(35)18-38-24-8-4-3-6-22(24)25-13-14-26(40-25)28(32)37/h3-15,20,34-35H,16-18H2,1-2H3,(H2,31,36)(H2,32,37). The van der Waals surface area contributed by atoms with Crippen LogP contribution in [0.3, 0.4) is 0 Å². The zero-order valence-electron chi connectivity index (χ0n) is 22.3. The lowest BCUT2D eigenvalue weighted by molar-refractivity contribution is 0.0991. The third-order valence-electron chi connectivity index (χ3n) is 6.07. The number of hydrogen-bond donors (Lipinski definition) is 4. The van der Waals surface area contributed by atoms with Crippen LogP contribution in [0.5, 0.6) is 17.4 Å². The van der Waals surface area contributed by atoms with E-state index in [0.717, 1.165) is 16.0 Å². The fourth-order valence-corrected chi connectivity index (χ4v) is 4.96. The Kier molecular flexibility index (Phi) is 9.15. The topological polar surface area (TPSA) is 150 Å². The average molecular weight is 561 g/mol. The summed E-state index contributed by atoms with van der Waals surface area (Å²) in [6.45, 7) is 4.54. The molecule has 6 N–H and O–H groups in total. The first-order valence-electron chi connectivity index (χ1n) is 12.7. The molecular weight excluding hydrogens is 528 g/mol. The second-order valence-electron chi connectivity index (χ2n) is 9.90. The highest BCUT2D eigenvalue weighted by Crippen LogP contribution is 2.35. The van der Waals surface area contributed by atoms with E-state index in [1.54, 1.807) is 18.2 Å². The molecule has 0 aliphatic heterocycles. The smallest absolute Gasteiger partial charge is 0.258 e. The van der Waals surface area contributed by atoms with Crippen LogP contribution >= 0.6 is 11.3 Å². The number of carbonyl (C=O) groups excluding carboxylic acids is 2. The maximum atomic E-state index is 11.6. The van der Waals surface area contributed by atoms with Crippen molar-refractivity contribution in [2.75, 3.05) is 13.2 Å². The lowest BCUT2D eigenvalue weighted by Gasteiger charge is -2.28. The molecule has 40 heavy (non-hydrogen) atoms. The van der Waals surface area contributed by atoms with Gasteiger partial charge in [0, 0.05) is 28.7 Å². The van der Waals surface area contributed by atoms with Gasteiger partial charge in [0.05, 0.1) is 4.88 Å². The number of hydrogen-bond acceptors (Lipinski definition) is 8.